The van der Waals surface area contributed by atoms with Crippen LogP contribution in [0.4, 0.5) is 0 Å². The van der Waals surface area contributed by atoms with E-state index in [2.05, 4.69) is 17.1 Å². The Bertz CT molecular complexity index is 1100. The van der Waals surface area contributed by atoms with Gasteiger partial charge in [0.25, 0.3) is 0 Å². The van der Waals surface area contributed by atoms with Crippen LogP contribution in [0.1, 0.15) is 29.6 Å². The third-order valence-electron chi connectivity index (χ3n) is 4.70. The highest BCUT2D eigenvalue weighted by Gasteiger charge is 2.24. The maximum absolute atomic E-state index is 4.76. The van der Waals surface area contributed by atoms with E-state index in [1.807, 2.05) is 47.1 Å². The summed E-state index contributed by atoms with van der Waals surface area (Å²) in [4.78, 5) is 12.1. The summed E-state index contributed by atoms with van der Waals surface area (Å²) in [5, 5.41) is 11.7. The van der Waals surface area contributed by atoms with Crippen LogP contribution in [-0.2, 0) is 12.8 Å². The first kappa shape index (κ1) is 15.3. The smallest absolute Gasteiger partial charge is 0.201 e. The third kappa shape index (κ3) is 2.53. The van der Waals surface area contributed by atoms with Gasteiger partial charge in [0.1, 0.15) is 15.7 Å². The van der Waals surface area contributed by atoms with Crippen molar-refractivity contribution in [2.75, 3.05) is 0 Å². The normalized spacial score (nSPS) is 17.3. The Labute approximate surface area is 153 Å². The molecule has 0 unspecified atom stereocenters. The van der Waals surface area contributed by atoms with Crippen LogP contribution in [-0.4, -0.2) is 24.6 Å². The molecule has 5 rings (SSSR count). The van der Waals surface area contributed by atoms with Crippen molar-refractivity contribution in [2.45, 2.75) is 43.3 Å². The van der Waals surface area contributed by atoms with Crippen molar-refractivity contribution in [3.05, 3.63) is 40.7 Å². The second-order valence-electron chi connectivity index (χ2n) is 6.62. The minimum absolute atomic E-state index is 0.756. The maximum Gasteiger partial charge on any atom is 0.201 e. The van der Waals surface area contributed by atoms with E-state index in [0.29, 0.717) is 0 Å². The van der Waals surface area contributed by atoms with Gasteiger partial charge in [-0.25, -0.2) is 9.97 Å². The number of hydrogen-bond donors (Lipinski definition) is 0. The lowest BCUT2D eigenvalue weighted by Gasteiger charge is -2.18. The van der Waals surface area contributed by atoms with Gasteiger partial charge in [-0.05, 0) is 61.6 Å². The van der Waals surface area contributed by atoms with E-state index < -0.39 is 0 Å². The van der Waals surface area contributed by atoms with Gasteiger partial charge in [-0.15, -0.1) is 21.5 Å². The molecular formula is C18H17N5S2. The van der Waals surface area contributed by atoms with Gasteiger partial charge in [0.2, 0.25) is 5.16 Å². The van der Waals surface area contributed by atoms with Crippen LogP contribution in [0, 0.1) is 12.8 Å². The highest BCUT2D eigenvalue weighted by molar-refractivity contribution is 7.99. The lowest BCUT2D eigenvalue weighted by molar-refractivity contribution is 0.509. The molecular weight excluding hydrogens is 350 g/mol. The molecule has 5 nitrogen and oxygen atoms in total. The first-order valence-corrected chi connectivity index (χ1v) is 10.1. The highest BCUT2D eigenvalue weighted by atomic mass is 32.2. The molecule has 1 atom stereocenters. The van der Waals surface area contributed by atoms with Crippen LogP contribution >= 0.6 is 23.1 Å². The Balaban J connectivity index is 1.68. The van der Waals surface area contributed by atoms with E-state index in [1.165, 1.54) is 22.2 Å². The van der Waals surface area contributed by atoms with Crippen LogP contribution in [0.25, 0.3) is 15.9 Å². The topological polar surface area (TPSA) is 56.0 Å². The number of aryl methyl sites for hydroxylation is 2. The van der Waals surface area contributed by atoms with Gasteiger partial charge in [0, 0.05) is 16.5 Å². The molecule has 0 N–H and O–H groups in total. The van der Waals surface area contributed by atoms with Crippen molar-refractivity contribution in [3.63, 3.8) is 0 Å². The third-order valence-corrected chi connectivity index (χ3v) is 6.80. The molecule has 4 aromatic rings. The average Bonchev–Trinajstić information content (AvgIpc) is 3.15. The lowest BCUT2D eigenvalue weighted by atomic mass is 9.89. The molecule has 0 saturated heterocycles. The Morgan fingerprint density at radius 1 is 1.24 bits per heavy atom. The van der Waals surface area contributed by atoms with Crippen molar-refractivity contribution in [3.8, 4) is 0 Å². The van der Waals surface area contributed by atoms with Crippen molar-refractivity contribution in [1.82, 2.24) is 24.6 Å². The van der Waals surface area contributed by atoms with Crippen molar-refractivity contribution in [2.24, 2.45) is 5.92 Å². The van der Waals surface area contributed by atoms with E-state index in [4.69, 9.17) is 9.97 Å². The van der Waals surface area contributed by atoms with E-state index in [1.54, 1.807) is 11.8 Å². The molecule has 0 amide bonds. The second-order valence-corrected chi connectivity index (χ2v) is 8.66. The van der Waals surface area contributed by atoms with Gasteiger partial charge in [0.05, 0.1) is 0 Å². The number of rotatable bonds is 2. The van der Waals surface area contributed by atoms with Gasteiger partial charge in [-0.1, -0.05) is 13.0 Å². The minimum Gasteiger partial charge on any atom is -0.277 e. The predicted octanol–water partition coefficient (Wildman–Crippen LogP) is 4.32. The molecule has 0 radical (unpaired) electrons. The fraction of sp³-hybridized carbons (Fsp3) is 0.333. The second kappa shape index (κ2) is 5.78. The van der Waals surface area contributed by atoms with Crippen molar-refractivity contribution >= 4 is 39.0 Å². The Morgan fingerprint density at radius 3 is 3.08 bits per heavy atom. The Morgan fingerprint density at radius 2 is 2.16 bits per heavy atom. The minimum atomic E-state index is 0.756. The van der Waals surface area contributed by atoms with Gasteiger partial charge >= 0.3 is 0 Å². The molecule has 0 spiro atoms. The summed E-state index contributed by atoms with van der Waals surface area (Å²) in [6.45, 7) is 4.30. The molecule has 0 aliphatic heterocycles. The zero-order valence-corrected chi connectivity index (χ0v) is 15.7. The van der Waals surface area contributed by atoms with Gasteiger partial charge < -0.3 is 0 Å². The largest absolute Gasteiger partial charge is 0.277 e. The number of nitrogens with zero attached hydrogens (tertiary/aromatic N) is 5. The summed E-state index contributed by atoms with van der Waals surface area (Å²) in [6, 6.07) is 5.93. The summed E-state index contributed by atoms with van der Waals surface area (Å²) < 4.78 is 2.01. The maximum atomic E-state index is 4.76. The monoisotopic (exact) mass is 367 g/mol. The summed E-state index contributed by atoms with van der Waals surface area (Å²) >= 11 is 3.43. The summed E-state index contributed by atoms with van der Waals surface area (Å²) in [5.41, 5.74) is 2.31. The molecule has 1 aliphatic carbocycles. The zero-order valence-electron chi connectivity index (χ0n) is 14.1. The highest BCUT2D eigenvalue weighted by Crippen LogP contribution is 2.42. The van der Waals surface area contributed by atoms with Gasteiger partial charge in [0.15, 0.2) is 5.65 Å². The van der Waals surface area contributed by atoms with Crippen molar-refractivity contribution < 1.29 is 0 Å². The Kier molecular flexibility index (Phi) is 3.53. The van der Waals surface area contributed by atoms with Crippen LogP contribution in [0.3, 0.4) is 0 Å². The molecule has 0 saturated carbocycles. The fourth-order valence-electron chi connectivity index (χ4n) is 3.46. The molecule has 0 fully saturated rings. The van der Waals surface area contributed by atoms with Crippen LogP contribution in [0.15, 0.2) is 34.6 Å². The zero-order chi connectivity index (χ0) is 17.0. The summed E-state index contributed by atoms with van der Waals surface area (Å²) in [7, 11) is 0. The van der Waals surface area contributed by atoms with E-state index in [0.717, 1.165) is 45.2 Å². The molecule has 4 heterocycles. The fourth-order valence-corrected chi connectivity index (χ4v) is 5.96. The van der Waals surface area contributed by atoms with Crippen molar-refractivity contribution in [1.29, 1.82) is 0 Å². The first-order valence-electron chi connectivity index (χ1n) is 8.45. The molecule has 4 aromatic heterocycles. The number of pyridine rings is 1. The van der Waals surface area contributed by atoms with E-state index in [-0.39, 0.29) is 0 Å². The lowest BCUT2D eigenvalue weighted by Crippen LogP contribution is -2.08. The molecule has 0 bridgehead atoms. The molecule has 126 valence electrons. The summed E-state index contributed by atoms with van der Waals surface area (Å²) in [5.74, 6) is 1.57. The quantitative estimate of drug-likeness (QED) is 0.494. The first-order chi connectivity index (χ1) is 12.2. The average molecular weight is 368 g/mol. The number of fused-ring (bicyclic) bond motifs is 4. The van der Waals surface area contributed by atoms with Crippen LogP contribution < -0.4 is 0 Å². The number of hydrogen-bond acceptors (Lipinski definition) is 6. The molecule has 1 aliphatic rings. The molecule has 0 aromatic carbocycles. The van der Waals surface area contributed by atoms with Crippen LogP contribution in [0.2, 0.25) is 0 Å². The summed E-state index contributed by atoms with van der Waals surface area (Å²) in [6.07, 6.45) is 5.52. The standard InChI is InChI=1S/C18H17N5S2/c1-10-6-7-12-13(9-10)24-16-15(12)17(20-11(2)19-16)25-18-22-21-14-5-3-4-8-23(14)18/h3-5,8,10H,6-7,9H2,1-2H3/t10-/m0/s1. The SMILES string of the molecule is Cc1nc(Sc2nnc3ccccn23)c2c3c(sc2n1)C[C@@H](C)CC3. The number of aromatic nitrogens is 5. The molecule has 25 heavy (non-hydrogen) atoms. The van der Waals surface area contributed by atoms with Gasteiger partial charge in [-0.3, -0.25) is 4.40 Å². The van der Waals surface area contributed by atoms with E-state index in [9.17, 15) is 0 Å². The number of thiophene rings is 1. The van der Waals surface area contributed by atoms with Crippen LogP contribution in [0.5, 0.6) is 0 Å². The molecule has 7 heteroatoms. The van der Waals surface area contributed by atoms with E-state index >= 15 is 0 Å². The Hall–Kier alpha value is -1.99. The van der Waals surface area contributed by atoms with Gasteiger partial charge in [-0.2, -0.15) is 0 Å². The predicted molar refractivity (Wildman–Crippen MR) is 100 cm³/mol.